The standard InChI is InChI=1S/C25H37N5O3/c1-28(2)25(20-9-4-3-5-10-20)13-11-24(12-14-25)18-29(17-22(32)27-15-21(26)31)23(33)30(24)16-19-7-6-8-19/h3-5,9-10,19H,6-8,11-18H2,1-2H3,(H2,26,31)(H,27,32)/t24-,25+. The van der Waals surface area contributed by atoms with Gasteiger partial charge in [0.2, 0.25) is 11.8 Å². The predicted molar refractivity (Wildman–Crippen MR) is 126 cm³/mol. The molecule has 1 aromatic rings. The third-order valence-corrected chi connectivity index (χ3v) is 8.19. The van der Waals surface area contributed by atoms with Gasteiger partial charge >= 0.3 is 6.03 Å². The lowest BCUT2D eigenvalue weighted by Gasteiger charge is -2.51. The molecule has 1 heterocycles. The minimum Gasteiger partial charge on any atom is -0.368 e. The molecule has 0 atom stereocenters. The van der Waals surface area contributed by atoms with Crippen molar-refractivity contribution in [3.8, 4) is 0 Å². The highest BCUT2D eigenvalue weighted by molar-refractivity contribution is 5.88. The second-order valence-corrected chi connectivity index (χ2v) is 10.3. The summed E-state index contributed by atoms with van der Waals surface area (Å²) >= 11 is 0. The first-order valence-corrected chi connectivity index (χ1v) is 12.1. The highest BCUT2D eigenvalue weighted by atomic mass is 16.2. The number of urea groups is 1. The maximum atomic E-state index is 13.5. The Kier molecular flexibility index (Phi) is 6.66. The van der Waals surface area contributed by atoms with Crippen LogP contribution in [0.4, 0.5) is 4.79 Å². The van der Waals surface area contributed by atoms with Crippen LogP contribution in [0.3, 0.4) is 0 Å². The van der Waals surface area contributed by atoms with Crippen molar-refractivity contribution in [3.63, 3.8) is 0 Å². The Morgan fingerprint density at radius 2 is 1.79 bits per heavy atom. The van der Waals surface area contributed by atoms with Crippen LogP contribution >= 0.6 is 0 Å². The molecular weight excluding hydrogens is 418 g/mol. The summed E-state index contributed by atoms with van der Waals surface area (Å²) in [6, 6.07) is 10.6. The third-order valence-electron chi connectivity index (χ3n) is 8.19. The Bertz CT molecular complexity index is 875. The van der Waals surface area contributed by atoms with Gasteiger partial charge < -0.3 is 20.9 Å². The van der Waals surface area contributed by atoms with Gasteiger partial charge in [0.15, 0.2) is 0 Å². The molecule has 3 fully saturated rings. The fourth-order valence-electron chi connectivity index (χ4n) is 5.93. The molecule has 3 aliphatic rings. The van der Waals surface area contributed by atoms with Gasteiger partial charge in [-0.25, -0.2) is 4.79 Å². The molecule has 0 bridgehead atoms. The van der Waals surface area contributed by atoms with Gasteiger partial charge in [0.1, 0.15) is 6.54 Å². The van der Waals surface area contributed by atoms with Crippen molar-refractivity contribution >= 4 is 17.8 Å². The molecule has 1 saturated heterocycles. The number of benzene rings is 1. The minimum absolute atomic E-state index is 0.0352. The van der Waals surface area contributed by atoms with Gasteiger partial charge in [0.25, 0.3) is 0 Å². The number of hydrogen-bond acceptors (Lipinski definition) is 4. The van der Waals surface area contributed by atoms with Crippen molar-refractivity contribution in [3.05, 3.63) is 35.9 Å². The van der Waals surface area contributed by atoms with Crippen molar-refractivity contribution in [1.29, 1.82) is 0 Å². The predicted octanol–water partition coefficient (Wildman–Crippen LogP) is 1.90. The number of nitrogens with two attached hydrogens (primary N) is 1. The summed E-state index contributed by atoms with van der Waals surface area (Å²) in [5, 5.41) is 2.52. The molecule has 1 spiro atoms. The number of rotatable bonds is 8. The zero-order valence-corrected chi connectivity index (χ0v) is 19.9. The van der Waals surface area contributed by atoms with Gasteiger partial charge in [-0.1, -0.05) is 36.8 Å². The van der Waals surface area contributed by atoms with Crippen molar-refractivity contribution in [2.75, 3.05) is 40.3 Å². The molecule has 0 unspecified atom stereocenters. The van der Waals surface area contributed by atoms with Gasteiger partial charge in [-0.05, 0) is 64.1 Å². The Hall–Kier alpha value is -2.61. The smallest absolute Gasteiger partial charge is 0.321 e. The summed E-state index contributed by atoms with van der Waals surface area (Å²) < 4.78 is 0. The van der Waals surface area contributed by atoms with Crippen molar-refractivity contribution in [2.24, 2.45) is 11.7 Å². The van der Waals surface area contributed by atoms with Crippen LogP contribution in [0, 0.1) is 5.92 Å². The average Bonchev–Trinajstić information content (AvgIpc) is 3.01. The fraction of sp³-hybridized carbons (Fsp3) is 0.640. The second-order valence-electron chi connectivity index (χ2n) is 10.3. The van der Waals surface area contributed by atoms with Crippen LogP contribution in [0.2, 0.25) is 0 Å². The molecule has 8 heteroatoms. The summed E-state index contributed by atoms with van der Waals surface area (Å²) in [4.78, 5) is 42.9. The molecule has 1 aromatic carbocycles. The van der Waals surface area contributed by atoms with Crippen LogP contribution in [-0.2, 0) is 15.1 Å². The first-order chi connectivity index (χ1) is 15.8. The number of amides is 4. The van der Waals surface area contributed by atoms with Crippen LogP contribution in [0.25, 0.3) is 0 Å². The van der Waals surface area contributed by atoms with Gasteiger partial charge in [-0.15, -0.1) is 0 Å². The van der Waals surface area contributed by atoms with E-state index in [0.717, 1.165) is 32.2 Å². The number of primary amides is 1. The lowest BCUT2D eigenvalue weighted by Crippen LogP contribution is -2.56. The Balaban J connectivity index is 1.53. The quantitative estimate of drug-likeness (QED) is 0.625. The highest BCUT2D eigenvalue weighted by Gasteiger charge is 2.55. The van der Waals surface area contributed by atoms with Gasteiger partial charge in [-0.3, -0.25) is 14.5 Å². The first-order valence-electron chi connectivity index (χ1n) is 12.1. The highest BCUT2D eigenvalue weighted by Crippen LogP contribution is 2.49. The van der Waals surface area contributed by atoms with E-state index in [4.69, 9.17) is 5.73 Å². The van der Waals surface area contributed by atoms with Crippen molar-refractivity contribution in [1.82, 2.24) is 20.0 Å². The van der Waals surface area contributed by atoms with Crippen molar-refractivity contribution in [2.45, 2.75) is 56.0 Å². The Morgan fingerprint density at radius 1 is 1.12 bits per heavy atom. The molecule has 8 nitrogen and oxygen atoms in total. The molecular formula is C25H37N5O3. The molecule has 1 aliphatic heterocycles. The van der Waals surface area contributed by atoms with E-state index in [1.165, 1.54) is 24.8 Å². The molecule has 2 saturated carbocycles. The summed E-state index contributed by atoms with van der Waals surface area (Å²) in [6.07, 6.45) is 7.29. The van der Waals surface area contributed by atoms with Gasteiger partial charge in [0.05, 0.1) is 12.1 Å². The van der Waals surface area contributed by atoms with E-state index in [2.05, 4.69) is 53.5 Å². The number of carbonyl (C=O) groups excluding carboxylic acids is 3. The average molecular weight is 456 g/mol. The largest absolute Gasteiger partial charge is 0.368 e. The van der Waals surface area contributed by atoms with Crippen LogP contribution in [0.15, 0.2) is 30.3 Å². The molecule has 33 heavy (non-hydrogen) atoms. The van der Waals surface area contributed by atoms with E-state index < -0.39 is 5.91 Å². The maximum Gasteiger partial charge on any atom is 0.321 e. The number of nitrogens with one attached hydrogen (secondary N) is 1. The molecule has 4 amide bonds. The van der Waals surface area contributed by atoms with E-state index in [-0.39, 0.29) is 36.1 Å². The molecule has 180 valence electrons. The van der Waals surface area contributed by atoms with Crippen LogP contribution in [-0.4, -0.2) is 78.4 Å². The van der Waals surface area contributed by atoms with Crippen molar-refractivity contribution < 1.29 is 14.4 Å². The Labute approximate surface area is 196 Å². The van der Waals surface area contributed by atoms with E-state index in [1.807, 2.05) is 6.07 Å². The summed E-state index contributed by atoms with van der Waals surface area (Å²) in [5.41, 5.74) is 6.16. The summed E-state index contributed by atoms with van der Waals surface area (Å²) in [6.45, 7) is 1.09. The lowest BCUT2D eigenvalue weighted by atomic mass is 9.68. The summed E-state index contributed by atoms with van der Waals surface area (Å²) in [5.74, 6) is -0.373. The number of carbonyl (C=O) groups is 3. The normalized spacial score (nSPS) is 27.8. The number of nitrogens with zero attached hydrogens (tertiary/aromatic N) is 3. The molecule has 0 radical (unpaired) electrons. The maximum absolute atomic E-state index is 13.5. The lowest BCUT2D eigenvalue weighted by molar-refractivity contribution is -0.125. The second kappa shape index (κ2) is 9.33. The first kappa shape index (κ1) is 23.5. The SMILES string of the molecule is CN(C)[C@]1(c2ccccc2)CC[C@]2(CC1)CN(CC(=O)NCC(N)=O)C(=O)N2CC1CCC1. The van der Waals surface area contributed by atoms with Crippen LogP contribution < -0.4 is 11.1 Å². The van der Waals surface area contributed by atoms with Crippen LogP contribution in [0.5, 0.6) is 0 Å². The molecule has 2 aliphatic carbocycles. The van der Waals surface area contributed by atoms with E-state index in [1.54, 1.807) is 4.90 Å². The van der Waals surface area contributed by atoms with E-state index in [0.29, 0.717) is 12.5 Å². The van der Waals surface area contributed by atoms with Gasteiger partial charge in [0, 0.05) is 18.6 Å². The molecule has 3 N–H and O–H groups in total. The monoisotopic (exact) mass is 455 g/mol. The van der Waals surface area contributed by atoms with E-state index >= 15 is 0 Å². The zero-order valence-electron chi connectivity index (χ0n) is 19.9. The zero-order chi connectivity index (χ0) is 23.6. The van der Waals surface area contributed by atoms with E-state index in [9.17, 15) is 14.4 Å². The molecule has 4 rings (SSSR count). The fourth-order valence-corrected chi connectivity index (χ4v) is 5.93. The topological polar surface area (TPSA) is 99.0 Å². The minimum atomic E-state index is -0.590. The summed E-state index contributed by atoms with van der Waals surface area (Å²) in [7, 11) is 4.29. The molecule has 0 aromatic heterocycles. The number of hydrogen-bond donors (Lipinski definition) is 2. The third kappa shape index (κ3) is 4.58. The Morgan fingerprint density at radius 3 is 2.33 bits per heavy atom. The van der Waals surface area contributed by atoms with Crippen LogP contribution in [0.1, 0.15) is 50.5 Å². The van der Waals surface area contributed by atoms with Gasteiger partial charge in [-0.2, -0.15) is 0 Å².